The van der Waals surface area contributed by atoms with Crippen molar-refractivity contribution >= 4 is 22.9 Å². The van der Waals surface area contributed by atoms with Crippen LogP contribution in [0.5, 0.6) is 0 Å². The standard InChI is InChI=1S/C12H18N4S2/c1-7-11(18-16-15-7)8(13)5-10-14-9(6-17-10)12(2,3)4/h6,8H,5,13H2,1-4H3. The molecular formula is C12H18N4S2. The van der Waals surface area contributed by atoms with Crippen LogP contribution in [0, 0.1) is 6.92 Å². The molecule has 0 radical (unpaired) electrons. The van der Waals surface area contributed by atoms with Gasteiger partial charge in [0.2, 0.25) is 0 Å². The van der Waals surface area contributed by atoms with E-state index in [1.165, 1.54) is 11.5 Å². The molecular weight excluding hydrogens is 264 g/mol. The van der Waals surface area contributed by atoms with Crippen molar-refractivity contribution in [2.45, 2.75) is 45.6 Å². The summed E-state index contributed by atoms with van der Waals surface area (Å²) < 4.78 is 3.92. The van der Waals surface area contributed by atoms with Gasteiger partial charge in [-0.05, 0) is 18.5 Å². The van der Waals surface area contributed by atoms with Crippen molar-refractivity contribution in [2.24, 2.45) is 5.73 Å². The molecule has 0 aromatic carbocycles. The average molecular weight is 282 g/mol. The summed E-state index contributed by atoms with van der Waals surface area (Å²) in [5, 5.41) is 7.20. The van der Waals surface area contributed by atoms with Crippen LogP contribution in [0.4, 0.5) is 0 Å². The third-order valence-corrected chi connectivity index (χ3v) is 4.57. The van der Waals surface area contributed by atoms with Gasteiger partial charge in [-0.25, -0.2) is 4.98 Å². The maximum absolute atomic E-state index is 6.19. The van der Waals surface area contributed by atoms with Gasteiger partial charge in [-0.15, -0.1) is 16.4 Å². The molecule has 6 heteroatoms. The molecule has 0 aliphatic rings. The van der Waals surface area contributed by atoms with Gasteiger partial charge in [-0.1, -0.05) is 25.3 Å². The van der Waals surface area contributed by atoms with Crippen LogP contribution in [0.15, 0.2) is 5.38 Å². The lowest BCUT2D eigenvalue weighted by Gasteiger charge is -2.14. The van der Waals surface area contributed by atoms with Crippen LogP contribution in [0.1, 0.15) is 48.1 Å². The Morgan fingerprint density at radius 1 is 1.39 bits per heavy atom. The second-order valence-corrected chi connectivity index (χ2v) is 7.14. The maximum atomic E-state index is 6.19. The highest BCUT2D eigenvalue weighted by Crippen LogP contribution is 2.27. The Morgan fingerprint density at radius 3 is 2.61 bits per heavy atom. The van der Waals surface area contributed by atoms with Crippen LogP contribution in [-0.2, 0) is 11.8 Å². The lowest BCUT2D eigenvalue weighted by molar-refractivity contribution is 0.569. The Kier molecular flexibility index (Phi) is 3.79. The molecule has 2 heterocycles. The van der Waals surface area contributed by atoms with Crippen molar-refractivity contribution in [3.8, 4) is 0 Å². The van der Waals surface area contributed by atoms with Crippen LogP contribution in [-0.4, -0.2) is 14.6 Å². The van der Waals surface area contributed by atoms with E-state index in [0.717, 1.165) is 27.7 Å². The Balaban J connectivity index is 2.11. The monoisotopic (exact) mass is 282 g/mol. The van der Waals surface area contributed by atoms with Gasteiger partial charge in [0.25, 0.3) is 0 Å². The summed E-state index contributed by atoms with van der Waals surface area (Å²) in [5.74, 6) is 0. The van der Waals surface area contributed by atoms with E-state index in [4.69, 9.17) is 5.73 Å². The molecule has 2 rings (SSSR count). The molecule has 0 bridgehead atoms. The third-order valence-electron chi connectivity index (χ3n) is 2.74. The minimum atomic E-state index is -0.0519. The summed E-state index contributed by atoms with van der Waals surface area (Å²) in [6, 6.07) is -0.0519. The van der Waals surface area contributed by atoms with Crippen LogP contribution >= 0.6 is 22.9 Å². The average Bonchev–Trinajstić information content (AvgIpc) is 2.85. The zero-order valence-electron chi connectivity index (χ0n) is 11.1. The maximum Gasteiger partial charge on any atom is 0.0947 e. The molecule has 4 nitrogen and oxygen atoms in total. The lowest BCUT2D eigenvalue weighted by Crippen LogP contribution is -2.14. The Bertz CT molecular complexity index is 524. The normalized spacial score (nSPS) is 13.8. The van der Waals surface area contributed by atoms with E-state index in [1.54, 1.807) is 11.3 Å². The largest absolute Gasteiger partial charge is 0.323 e. The van der Waals surface area contributed by atoms with Crippen LogP contribution in [0.2, 0.25) is 0 Å². The van der Waals surface area contributed by atoms with Gasteiger partial charge in [-0.3, -0.25) is 0 Å². The molecule has 1 atom stereocenters. The Hall–Kier alpha value is -0.850. The fourth-order valence-electron chi connectivity index (χ4n) is 1.61. The minimum absolute atomic E-state index is 0.0519. The van der Waals surface area contributed by atoms with E-state index in [2.05, 4.69) is 40.7 Å². The summed E-state index contributed by atoms with van der Waals surface area (Å²) in [7, 11) is 0. The molecule has 0 amide bonds. The highest BCUT2D eigenvalue weighted by Gasteiger charge is 2.20. The topological polar surface area (TPSA) is 64.7 Å². The van der Waals surface area contributed by atoms with Crippen molar-refractivity contribution in [3.63, 3.8) is 0 Å². The number of aryl methyl sites for hydroxylation is 1. The fraction of sp³-hybridized carbons (Fsp3) is 0.583. The van der Waals surface area contributed by atoms with Crippen LogP contribution < -0.4 is 5.73 Å². The highest BCUT2D eigenvalue weighted by molar-refractivity contribution is 7.09. The zero-order valence-corrected chi connectivity index (χ0v) is 12.7. The molecule has 2 aromatic heterocycles. The van der Waals surface area contributed by atoms with Gasteiger partial charge in [0.1, 0.15) is 0 Å². The first-order valence-corrected chi connectivity index (χ1v) is 7.52. The summed E-state index contributed by atoms with van der Waals surface area (Å²) in [6.07, 6.45) is 0.755. The molecule has 98 valence electrons. The smallest absolute Gasteiger partial charge is 0.0947 e. The van der Waals surface area contributed by atoms with E-state index in [9.17, 15) is 0 Å². The molecule has 0 fully saturated rings. The fourth-order valence-corrected chi connectivity index (χ4v) is 3.33. The summed E-state index contributed by atoms with van der Waals surface area (Å²) in [5.41, 5.74) is 8.35. The number of thiazole rings is 1. The highest BCUT2D eigenvalue weighted by atomic mass is 32.1. The predicted molar refractivity (Wildman–Crippen MR) is 76.1 cm³/mol. The Labute approximate surface area is 115 Å². The van der Waals surface area contributed by atoms with Gasteiger partial charge in [0, 0.05) is 23.3 Å². The van der Waals surface area contributed by atoms with Gasteiger partial charge < -0.3 is 5.73 Å². The van der Waals surface area contributed by atoms with E-state index < -0.39 is 0 Å². The minimum Gasteiger partial charge on any atom is -0.323 e. The van der Waals surface area contributed by atoms with Gasteiger partial charge in [0.15, 0.2) is 0 Å². The van der Waals surface area contributed by atoms with Crippen LogP contribution in [0.25, 0.3) is 0 Å². The number of hydrogen-bond acceptors (Lipinski definition) is 6. The van der Waals surface area contributed by atoms with Crippen molar-refractivity contribution in [1.29, 1.82) is 0 Å². The van der Waals surface area contributed by atoms with Crippen molar-refractivity contribution in [1.82, 2.24) is 14.6 Å². The molecule has 0 saturated heterocycles. The molecule has 0 aliphatic heterocycles. The SMILES string of the molecule is Cc1nnsc1C(N)Cc1nc(C(C)(C)C)cs1. The molecule has 18 heavy (non-hydrogen) atoms. The van der Waals surface area contributed by atoms with Crippen molar-refractivity contribution in [2.75, 3.05) is 0 Å². The van der Waals surface area contributed by atoms with E-state index in [-0.39, 0.29) is 11.5 Å². The number of rotatable bonds is 3. The van der Waals surface area contributed by atoms with Crippen LogP contribution in [0.3, 0.4) is 0 Å². The number of nitrogens with zero attached hydrogens (tertiary/aromatic N) is 3. The molecule has 2 aromatic rings. The van der Waals surface area contributed by atoms with E-state index in [0.29, 0.717) is 0 Å². The predicted octanol–water partition coefficient (Wildman–Crippen LogP) is 2.84. The molecule has 1 unspecified atom stereocenters. The first kappa shape index (κ1) is 13.6. The lowest BCUT2D eigenvalue weighted by atomic mass is 9.93. The van der Waals surface area contributed by atoms with Crippen molar-refractivity contribution in [3.05, 3.63) is 26.7 Å². The number of nitrogens with two attached hydrogens (primary N) is 1. The summed E-state index contributed by atoms with van der Waals surface area (Å²) in [6.45, 7) is 8.45. The summed E-state index contributed by atoms with van der Waals surface area (Å²) in [4.78, 5) is 5.72. The molecule has 0 spiro atoms. The van der Waals surface area contributed by atoms with Crippen molar-refractivity contribution < 1.29 is 0 Å². The number of aromatic nitrogens is 3. The zero-order chi connectivity index (χ0) is 13.3. The first-order chi connectivity index (χ1) is 8.38. The second-order valence-electron chi connectivity index (χ2n) is 5.41. The van der Waals surface area contributed by atoms with E-state index >= 15 is 0 Å². The molecule has 0 saturated carbocycles. The van der Waals surface area contributed by atoms with E-state index in [1.807, 2.05) is 6.92 Å². The number of hydrogen-bond donors (Lipinski definition) is 1. The Morgan fingerprint density at radius 2 is 2.11 bits per heavy atom. The van der Waals surface area contributed by atoms with Gasteiger partial charge in [-0.2, -0.15) is 0 Å². The quantitative estimate of drug-likeness (QED) is 0.940. The van der Waals surface area contributed by atoms with Gasteiger partial charge >= 0.3 is 0 Å². The second kappa shape index (κ2) is 5.03. The molecule has 0 aliphatic carbocycles. The third kappa shape index (κ3) is 2.93. The molecule has 2 N–H and O–H groups in total. The summed E-state index contributed by atoms with van der Waals surface area (Å²) >= 11 is 3.06. The van der Waals surface area contributed by atoms with Gasteiger partial charge in [0.05, 0.1) is 21.3 Å². The first-order valence-electron chi connectivity index (χ1n) is 5.87.